The number of aromatic amines is 1. The van der Waals surface area contributed by atoms with Crippen LogP contribution >= 0.6 is 0 Å². The van der Waals surface area contributed by atoms with E-state index in [0.29, 0.717) is 11.1 Å². The summed E-state index contributed by atoms with van der Waals surface area (Å²) in [4.78, 5) is 13.6. The molecule has 0 aliphatic rings. The summed E-state index contributed by atoms with van der Waals surface area (Å²) in [5, 5.41) is 12.4. The first-order valence-electron chi connectivity index (χ1n) is 5.75. The molecule has 8 heteroatoms. The molecule has 3 rings (SSSR count). The van der Waals surface area contributed by atoms with Gasteiger partial charge in [0.2, 0.25) is 0 Å². The lowest BCUT2D eigenvalue weighted by atomic mass is 10.1. The van der Waals surface area contributed by atoms with Crippen LogP contribution in [0.25, 0.3) is 22.2 Å². The molecule has 21 heavy (non-hydrogen) atoms. The van der Waals surface area contributed by atoms with Gasteiger partial charge in [0.25, 0.3) is 0 Å². The summed E-state index contributed by atoms with van der Waals surface area (Å²) in [6.45, 7) is 0. The summed E-state index contributed by atoms with van der Waals surface area (Å²) in [5.74, 6) is -1.20. The number of nitrogens with zero attached hydrogens (tertiary/aromatic N) is 1. The Bertz CT molecular complexity index is 833. The number of carboxylic acid groups (broad SMARTS) is 1. The van der Waals surface area contributed by atoms with Crippen molar-refractivity contribution in [3.63, 3.8) is 0 Å². The number of hydrogen-bond acceptors (Lipinski definition) is 3. The van der Waals surface area contributed by atoms with E-state index in [4.69, 9.17) is 9.63 Å². The molecule has 0 radical (unpaired) electrons. The fourth-order valence-corrected chi connectivity index (χ4v) is 2.00. The molecule has 3 aromatic rings. The average Bonchev–Trinajstić information content (AvgIpc) is 3.03. The minimum absolute atomic E-state index is 0.0815. The van der Waals surface area contributed by atoms with E-state index in [0.717, 1.165) is 18.2 Å². The van der Waals surface area contributed by atoms with Gasteiger partial charge in [-0.25, -0.2) is 4.79 Å². The van der Waals surface area contributed by atoms with Gasteiger partial charge in [-0.15, -0.1) is 0 Å². The maximum absolute atomic E-state index is 12.7. The van der Waals surface area contributed by atoms with Crippen LogP contribution in [0.2, 0.25) is 0 Å². The molecule has 1 aromatic carbocycles. The Morgan fingerprint density at radius 3 is 2.67 bits per heavy atom. The minimum Gasteiger partial charge on any atom is -0.476 e. The number of carbonyl (C=O) groups is 1. The number of halogens is 3. The van der Waals surface area contributed by atoms with Gasteiger partial charge in [0.15, 0.2) is 11.5 Å². The van der Waals surface area contributed by atoms with Gasteiger partial charge in [-0.2, -0.15) is 13.2 Å². The molecule has 0 unspecified atom stereocenters. The van der Waals surface area contributed by atoms with Gasteiger partial charge in [0.1, 0.15) is 0 Å². The van der Waals surface area contributed by atoms with E-state index >= 15 is 0 Å². The highest BCUT2D eigenvalue weighted by atomic mass is 19.4. The van der Waals surface area contributed by atoms with E-state index in [-0.39, 0.29) is 16.8 Å². The Morgan fingerprint density at radius 2 is 2.05 bits per heavy atom. The Labute approximate surface area is 115 Å². The largest absolute Gasteiger partial charge is 0.476 e. The maximum atomic E-state index is 12.7. The van der Waals surface area contributed by atoms with Gasteiger partial charge in [-0.1, -0.05) is 5.16 Å². The number of rotatable bonds is 2. The number of fused-ring (bicyclic) bond motifs is 1. The van der Waals surface area contributed by atoms with E-state index in [1.165, 1.54) is 12.3 Å². The van der Waals surface area contributed by atoms with Crippen LogP contribution in [0.4, 0.5) is 13.2 Å². The summed E-state index contributed by atoms with van der Waals surface area (Å²) in [5.41, 5.74) is -0.317. The number of aromatic carboxylic acids is 1. The van der Waals surface area contributed by atoms with Crippen molar-refractivity contribution in [2.24, 2.45) is 0 Å². The molecule has 0 bridgehead atoms. The van der Waals surface area contributed by atoms with Crippen LogP contribution in [0, 0.1) is 0 Å². The molecule has 0 aliphatic carbocycles. The summed E-state index contributed by atoms with van der Waals surface area (Å²) in [7, 11) is 0. The van der Waals surface area contributed by atoms with E-state index < -0.39 is 17.7 Å². The fourth-order valence-electron chi connectivity index (χ4n) is 2.00. The van der Waals surface area contributed by atoms with Crippen molar-refractivity contribution >= 4 is 16.9 Å². The first kappa shape index (κ1) is 13.2. The van der Waals surface area contributed by atoms with E-state index in [9.17, 15) is 18.0 Å². The quantitative estimate of drug-likeness (QED) is 0.758. The maximum Gasteiger partial charge on any atom is 0.416 e. The standard InChI is InChI=1S/C13H7F3N2O3/c14-13(15,16)6-1-2-9-7(3-6)8(5-17-9)11-4-10(12(19)20)18-21-11/h1-5,17H,(H,19,20). The molecule has 2 heterocycles. The minimum atomic E-state index is -4.46. The van der Waals surface area contributed by atoms with Gasteiger partial charge < -0.3 is 14.6 Å². The van der Waals surface area contributed by atoms with Gasteiger partial charge in [0.05, 0.1) is 5.56 Å². The van der Waals surface area contributed by atoms with Crippen LogP contribution in [-0.4, -0.2) is 21.2 Å². The number of carboxylic acids is 1. The zero-order chi connectivity index (χ0) is 15.2. The van der Waals surface area contributed by atoms with E-state index in [2.05, 4.69) is 10.1 Å². The molecular weight excluding hydrogens is 289 g/mol. The Morgan fingerprint density at radius 1 is 1.29 bits per heavy atom. The van der Waals surface area contributed by atoms with Crippen LogP contribution in [0.1, 0.15) is 16.1 Å². The molecule has 0 fully saturated rings. The van der Waals surface area contributed by atoms with Gasteiger partial charge in [-0.3, -0.25) is 0 Å². The fraction of sp³-hybridized carbons (Fsp3) is 0.0769. The summed E-state index contributed by atoms with van der Waals surface area (Å²) in [6.07, 6.45) is -3.02. The third-order valence-corrected chi connectivity index (χ3v) is 3.00. The first-order chi connectivity index (χ1) is 9.86. The number of H-pyrrole nitrogens is 1. The van der Waals surface area contributed by atoms with Crippen molar-refractivity contribution in [3.05, 3.63) is 41.7 Å². The number of nitrogens with one attached hydrogen (secondary N) is 1. The molecule has 2 aromatic heterocycles. The molecule has 0 spiro atoms. The molecule has 0 atom stereocenters. The second-order valence-corrected chi connectivity index (χ2v) is 4.34. The zero-order valence-electron chi connectivity index (χ0n) is 10.2. The SMILES string of the molecule is O=C(O)c1cc(-c2c[nH]c3ccc(C(F)(F)F)cc23)on1. The van der Waals surface area contributed by atoms with Crippen LogP contribution in [0.5, 0.6) is 0 Å². The number of alkyl halides is 3. The Balaban J connectivity index is 2.16. The number of hydrogen-bond donors (Lipinski definition) is 2. The van der Waals surface area contributed by atoms with Crippen molar-refractivity contribution in [1.82, 2.24) is 10.1 Å². The predicted octanol–water partition coefficient (Wildman–Crippen LogP) is 3.54. The Hall–Kier alpha value is -2.77. The van der Waals surface area contributed by atoms with Crippen LogP contribution in [0.3, 0.4) is 0 Å². The highest BCUT2D eigenvalue weighted by molar-refractivity contribution is 5.96. The highest BCUT2D eigenvalue weighted by Crippen LogP contribution is 2.35. The van der Waals surface area contributed by atoms with Crippen molar-refractivity contribution in [1.29, 1.82) is 0 Å². The topological polar surface area (TPSA) is 79.1 Å². The monoisotopic (exact) mass is 296 g/mol. The summed E-state index contributed by atoms with van der Waals surface area (Å²) < 4.78 is 43.1. The van der Waals surface area contributed by atoms with Crippen LogP contribution < -0.4 is 0 Å². The summed E-state index contributed by atoms with van der Waals surface area (Å²) >= 11 is 0. The van der Waals surface area contributed by atoms with Crippen molar-refractivity contribution in [2.45, 2.75) is 6.18 Å². The lowest BCUT2D eigenvalue weighted by molar-refractivity contribution is -0.137. The third-order valence-electron chi connectivity index (χ3n) is 3.00. The van der Waals surface area contributed by atoms with Crippen LogP contribution in [0.15, 0.2) is 35.0 Å². The molecule has 5 nitrogen and oxygen atoms in total. The molecule has 0 saturated carbocycles. The van der Waals surface area contributed by atoms with E-state index in [1.54, 1.807) is 0 Å². The normalized spacial score (nSPS) is 12.0. The van der Waals surface area contributed by atoms with Gasteiger partial charge in [-0.05, 0) is 18.2 Å². The second kappa shape index (κ2) is 4.37. The highest BCUT2D eigenvalue weighted by Gasteiger charge is 2.31. The van der Waals surface area contributed by atoms with Crippen molar-refractivity contribution in [3.8, 4) is 11.3 Å². The van der Waals surface area contributed by atoms with Crippen molar-refractivity contribution in [2.75, 3.05) is 0 Å². The number of benzene rings is 1. The second-order valence-electron chi connectivity index (χ2n) is 4.34. The third kappa shape index (κ3) is 2.24. The first-order valence-corrected chi connectivity index (χ1v) is 5.75. The molecule has 0 amide bonds. The Kier molecular flexibility index (Phi) is 2.75. The summed E-state index contributed by atoms with van der Waals surface area (Å²) in [6, 6.07) is 4.40. The molecular formula is C13H7F3N2O3. The smallest absolute Gasteiger partial charge is 0.416 e. The molecule has 108 valence electrons. The van der Waals surface area contributed by atoms with Crippen molar-refractivity contribution < 1.29 is 27.6 Å². The van der Waals surface area contributed by atoms with Gasteiger partial charge in [0, 0.05) is 28.7 Å². The zero-order valence-corrected chi connectivity index (χ0v) is 10.2. The average molecular weight is 296 g/mol. The molecule has 0 saturated heterocycles. The molecule has 2 N–H and O–H groups in total. The molecule has 0 aliphatic heterocycles. The van der Waals surface area contributed by atoms with Crippen LogP contribution in [-0.2, 0) is 6.18 Å². The number of aromatic nitrogens is 2. The lowest BCUT2D eigenvalue weighted by Gasteiger charge is -2.06. The van der Waals surface area contributed by atoms with Gasteiger partial charge >= 0.3 is 12.1 Å². The lowest BCUT2D eigenvalue weighted by Crippen LogP contribution is -2.04. The van der Waals surface area contributed by atoms with E-state index in [1.807, 2.05) is 0 Å². The predicted molar refractivity (Wildman–Crippen MR) is 65.8 cm³/mol.